The average molecular weight is 407 g/mol. The normalized spacial score (nSPS) is 15.4. The second-order valence-electron chi connectivity index (χ2n) is 7.06. The molecule has 0 N–H and O–H groups in total. The highest BCUT2D eigenvalue weighted by molar-refractivity contribution is 6.33. The van der Waals surface area contributed by atoms with E-state index in [-0.39, 0.29) is 21.6 Å². The summed E-state index contributed by atoms with van der Waals surface area (Å²) in [6, 6.07) is 6.12. The minimum absolute atomic E-state index is 0.0900. The number of halogens is 4. The monoisotopic (exact) mass is 406 g/mol. The lowest BCUT2D eigenvalue weighted by atomic mass is 9.99. The van der Waals surface area contributed by atoms with Gasteiger partial charge in [0, 0.05) is 10.6 Å². The van der Waals surface area contributed by atoms with Crippen LogP contribution in [-0.2, 0) is 6.18 Å². The molecule has 2 heterocycles. The first-order valence-electron chi connectivity index (χ1n) is 8.41. The van der Waals surface area contributed by atoms with Crippen LogP contribution < -0.4 is 10.2 Å². The van der Waals surface area contributed by atoms with Crippen LogP contribution >= 0.6 is 11.6 Å². The first-order valence-corrected chi connectivity index (χ1v) is 8.78. The van der Waals surface area contributed by atoms with Crippen molar-refractivity contribution in [2.45, 2.75) is 25.6 Å². The van der Waals surface area contributed by atoms with Gasteiger partial charge in [-0.15, -0.1) is 0 Å². The van der Waals surface area contributed by atoms with Gasteiger partial charge in [0.05, 0.1) is 22.1 Å². The summed E-state index contributed by atoms with van der Waals surface area (Å²) in [6.45, 7) is 3.81. The molecule has 144 valence electrons. The molecule has 28 heavy (non-hydrogen) atoms. The van der Waals surface area contributed by atoms with Gasteiger partial charge in [-0.1, -0.05) is 17.7 Å². The van der Waals surface area contributed by atoms with Crippen LogP contribution in [0.4, 0.5) is 13.2 Å². The minimum atomic E-state index is -4.52. The molecule has 1 aliphatic rings. The van der Waals surface area contributed by atoms with Crippen molar-refractivity contribution in [1.82, 2.24) is 0 Å². The number of hydrogen-bond donors (Lipinski definition) is 0. The fourth-order valence-corrected chi connectivity index (χ4v) is 3.43. The lowest BCUT2D eigenvalue weighted by molar-refractivity contribution is -0.137. The molecule has 0 amide bonds. The number of rotatable bonds is 1. The maximum atomic E-state index is 13.0. The molecule has 0 unspecified atom stereocenters. The van der Waals surface area contributed by atoms with Crippen LogP contribution in [0.25, 0.3) is 28.2 Å². The maximum absolute atomic E-state index is 13.0. The van der Waals surface area contributed by atoms with Gasteiger partial charge >= 0.3 is 6.18 Å². The Morgan fingerprint density at radius 2 is 1.82 bits per heavy atom. The third-order valence-electron chi connectivity index (χ3n) is 4.55. The lowest BCUT2D eigenvalue weighted by Gasteiger charge is -2.27. The quantitative estimate of drug-likeness (QED) is 0.475. The number of hydrogen-bond acceptors (Lipinski definition) is 3. The topological polar surface area (TPSA) is 39.4 Å². The smallest absolute Gasteiger partial charge is 0.416 e. The van der Waals surface area contributed by atoms with Crippen LogP contribution in [0, 0.1) is 0 Å². The maximum Gasteiger partial charge on any atom is 0.416 e. The van der Waals surface area contributed by atoms with Gasteiger partial charge in [0.2, 0.25) is 5.43 Å². The summed E-state index contributed by atoms with van der Waals surface area (Å²) in [5.74, 6) is 0.587. The summed E-state index contributed by atoms with van der Waals surface area (Å²) in [5.41, 5.74) is -0.494. The van der Waals surface area contributed by atoms with Crippen molar-refractivity contribution < 1.29 is 22.3 Å². The van der Waals surface area contributed by atoms with E-state index < -0.39 is 17.3 Å². The molecule has 3 aromatic rings. The fraction of sp³-hybridized carbons (Fsp3) is 0.190. The average Bonchev–Trinajstić information content (AvgIpc) is 2.60. The molecule has 1 aromatic heterocycles. The Balaban J connectivity index is 1.88. The van der Waals surface area contributed by atoms with E-state index in [0.717, 1.165) is 12.1 Å². The molecule has 0 spiro atoms. The van der Waals surface area contributed by atoms with E-state index in [4.69, 9.17) is 20.8 Å². The lowest BCUT2D eigenvalue weighted by Crippen LogP contribution is -2.27. The zero-order chi connectivity index (χ0) is 20.3. The third kappa shape index (κ3) is 3.07. The molecule has 1 aliphatic heterocycles. The van der Waals surface area contributed by atoms with Gasteiger partial charge in [-0.05, 0) is 50.3 Å². The summed E-state index contributed by atoms with van der Waals surface area (Å²) in [5, 5.41) is 0.115. The van der Waals surface area contributed by atoms with Gasteiger partial charge in [0.15, 0.2) is 0 Å². The number of fused-ring (bicyclic) bond motifs is 3. The van der Waals surface area contributed by atoms with Crippen LogP contribution in [0.5, 0.6) is 5.75 Å². The molecule has 7 heteroatoms. The van der Waals surface area contributed by atoms with E-state index in [1.165, 1.54) is 12.3 Å². The van der Waals surface area contributed by atoms with Crippen molar-refractivity contribution in [1.29, 1.82) is 0 Å². The summed E-state index contributed by atoms with van der Waals surface area (Å²) < 4.78 is 50.1. The van der Waals surface area contributed by atoms with Crippen molar-refractivity contribution in [3.63, 3.8) is 0 Å². The van der Waals surface area contributed by atoms with E-state index in [1.807, 2.05) is 26.0 Å². The van der Waals surface area contributed by atoms with Gasteiger partial charge in [0.1, 0.15) is 23.2 Å². The molecular formula is C21H14ClF3O3. The van der Waals surface area contributed by atoms with Gasteiger partial charge < -0.3 is 9.15 Å². The molecule has 0 bridgehead atoms. The molecule has 0 atom stereocenters. The molecule has 0 aliphatic carbocycles. The van der Waals surface area contributed by atoms with Gasteiger partial charge in [0.25, 0.3) is 0 Å². The Labute approximate surface area is 163 Å². The molecule has 4 rings (SSSR count). The fourth-order valence-electron chi connectivity index (χ4n) is 3.15. The van der Waals surface area contributed by atoms with E-state index in [9.17, 15) is 18.0 Å². The first kappa shape index (κ1) is 18.6. The molecule has 2 aromatic carbocycles. The predicted molar refractivity (Wildman–Crippen MR) is 102 cm³/mol. The first-order chi connectivity index (χ1) is 13.1. The number of benzene rings is 2. The van der Waals surface area contributed by atoms with Gasteiger partial charge in [-0.2, -0.15) is 13.2 Å². The van der Waals surface area contributed by atoms with Crippen LogP contribution in [0.1, 0.15) is 25.0 Å². The highest BCUT2D eigenvalue weighted by atomic mass is 35.5. The Hall–Kier alpha value is -2.73. The van der Waals surface area contributed by atoms with Gasteiger partial charge in [-0.3, -0.25) is 4.79 Å². The van der Waals surface area contributed by atoms with E-state index >= 15 is 0 Å². The summed E-state index contributed by atoms with van der Waals surface area (Å²) in [7, 11) is 0. The predicted octanol–water partition coefficient (Wildman–Crippen LogP) is 6.32. The van der Waals surface area contributed by atoms with E-state index in [2.05, 4.69) is 0 Å². The molecule has 0 saturated carbocycles. The van der Waals surface area contributed by atoms with Crippen LogP contribution in [-0.4, -0.2) is 5.60 Å². The second-order valence-corrected chi connectivity index (χ2v) is 7.47. The van der Waals surface area contributed by atoms with Crippen molar-refractivity contribution in [2.75, 3.05) is 0 Å². The highest BCUT2D eigenvalue weighted by Gasteiger charge is 2.31. The van der Waals surface area contributed by atoms with Crippen molar-refractivity contribution in [3.05, 3.63) is 69.0 Å². The van der Waals surface area contributed by atoms with Crippen LogP contribution in [0.2, 0.25) is 5.02 Å². The Morgan fingerprint density at radius 3 is 2.50 bits per heavy atom. The third-order valence-corrected chi connectivity index (χ3v) is 4.86. The zero-order valence-electron chi connectivity index (χ0n) is 14.9. The SMILES string of the molecule is CC1(C)C=Cc2c(ccc3c(=O)c(-c4ccc(C(F)(F)F)cc4Cl)coc23)O1. The van der Waals surface area contributed by atoms with Gasteiger partial charge in [-0.25, -0.2) is 0 Å². The minimum Gasteiger partial charge on any atom is -0.483 e. The largest absolute Gasteiger partial charge is 0.483 e. The van der Waals surface area contributed by atoms with E-state index in [1.54, 1.807) is 12.1 Å². The Bertz CT molecular complexity index is 1190. The Morgan fingerprint density at radius 1 is 1.07 bits per heavy atom. The zero-order valence-corrected chi connectivity index (χ0v) is 15.6. The number of ether oxygens (including phenoxy) is 1. The van der Waals surface area contributed by atoms with E-state index in [0.29, 0.717) is 22.3 Å². The Kier molecular flexibility index (Phi) is 4.08. The molecule has 3 nitrogen and oxygen atoms in total. The molecule has 0 radical (unpaired) electrons. The standard InChI is InChI=1S/C21H14ClF3O3/c1-20(2)8-7-13-17(28-20)6-5-14-18(26)15(10-27-19(13)14)12-4-3-11(9-16(12)22)21(23,24)25/h3-10H,1-2H3. The highest BCUT2D eigenvalue weighted by Crippen LogP contribution is 2.38. The molecule has 0 saturated heterocycles. The second kappa shape index (κ2) is 6.14. The summed E-state index contributed by atoms with van der Waals surface area (Å²) in [6.07, 6.45) is 0.382. The molecular weight excluding hydrogens is 393 g/mol. The van der Waals surface area contributed by atoms with Crippen LogP contribution in [0.3, 0.4) is 0 Å². The molecule has 0 fully saturated rings. The summed E-state index contributed by atoms with van der Waals surface area (Å²) >= 11 is 6.03. The summed E-state index contributed by atoms with van der Waals surface area (Å²) in [4.78, 5) is 13.0. The van der Waals surface area contributed by atoms with Crippen LogP contribution in [0.15, 0.2) is 51.9 Å². The number of alkyl halides is 3. The van der Waals surface area contributed by atoms with Crippen molar-refractivity contribution in [2.24, 2.45) is 0 Å². The van der Waals surface area contributed by atoms with Crippen molar-refractivity contribution in [3.8, 4) is 16.9 Å². The van der Waals surface area contributed by atoms with Crippen molar-refractivity contribution >= 4 is 28.6 Å².